The van der Waals surface area contributed by atoms with Gasteiger partial charge in [0, 0.05) is 23.7 Å². The van der Waals surface area contributed by atoms with Gasteiger partial charge in [0.2, 0.25) is 0 Å². The van der Waals surface area contributed by atoms with E-state index < -0.39 is 0 Å². The zero-order chi connectivity index (χ0) is 14.5. The van der Waals surface area contributed by atoms with Crippen LogP contribution in [0.15, 0.2) is 30.3 Å². The van der Waals surface area contributed by atoms with Gasteiger partial charge < -0.3 is 11.1 Å². The number of nitrogens with zero attached hydrogens (tertiary/aromatic N) is 1. The minimum Gasteiger partial charge on any atom is -0.398 e. The van der Waals surface area contributed by atoms with Gasteiger partial charge in [-0.05, 0) is 23.0 Å². The lowest BCUT2D eigenvalue weighted by molar-refractivity contribution is 0.457. The van der Waals surface area contributed by atoms with Gasteiger partial charge in [-0.25, -0.2) is 0 Å². The number of hydrogen-bond acceptors (Lipinski definition) is 3. The summed E-state index contributed by atoms with van der Waals surface area (Å²) in [5.74, 6) is 0. The number of para-hydroxylation sites is 1. The first-order valence-electron chi connectivity index (χ1n) is 7.21. The fraction of sp³-hybridized carbons (Fsp3) is 0.471. The van der Waals surface area contributed by atoms with Crippen LogP contribution in [-0.2, 0) is 6.54 Å². The predicted octanol–water partition coefficient (Wildman–Crippen LogP) is 3.34. The van der Waals surface area contributed by atoms with E-state index in [4.69, 9.17) is 5.73 Å². The Balaban J connectivity index is 1.79. The number of rotatable bonds is 3. The fourth-order valence-electron chi connectivity index (χ4n) is 3.26. The van der Waals surface area contributed by atoms with Crippen LogP contribution in [0.3, 0.4) is 0 Å². The molecule has 0 radical (unpaired) electrons. The Bertz CT molecular complexity index is 644. The van der Waals surface area contributed by atoms with Gasteiger partial charge in [-0.1, -0.05) is 45.9 Å². The molecule has 0 spiro atoms. The highest BCUT2D eigenvalue weighted by Gasteiger charge is 2.64. The van der Waals surface area contributed by atoms with Gasteiger partial charge in [0.1, 0.15) is 0 Å². The molecule has 1 fully saturated rings. The van der Waals surface area contributed by atoms with E-state index in [1.54, 1.807) is 0 Å². The highest BCUT2D eigenvalue weighted by atomic mass is 15.0. The summed E-state index contributed by atoms with van der Waals surface area (Å²) in [7, 11) is 0. The topological polar surface area (TPSA) is 50.9 Å². The van der Waals surface area contributed by atoms with Gasteiger partial charge in [0.05, 0.1) is 11.2 Å². The van der Waals surface area contributed by atoms with Crippen LogP contribution >= 0.6 is 0 Å². The molecule has 3 rings (SSSR count). The van der Waals surface area contributed by atoms with Crippen LogP contribution < -0.4 is 11.1 Å². The molecule has 0 aliphatic heterocycles. The van der Waals surface area contributed by atoms with Gasteiger partial charge in [0.25, 0.3) is 0 Å². The van der Waals surface area contributed by atoms with Crippen LogP contribution in [0.5, 0.6) is 0 Å². The summed E-state index contributed by atoms with van der Waals surface area (Å²) in [6, 6.07) is 10.5. The number of benzene rings is 1. The number of anilines is 1. The lowest BCUT2D eigenvalue weighted by Gasteiger charge is -2.09. The average molecular weight is 269 g/mol. The summed E-state index contributed by atoms with van der Waals surface area (Å²) in [6.07, 6.45) is 0. The molecule has 106 valence electrons. The highest BCUT2D eigenvalue weighted by molar-refractivity contribution is 5.90. The van der Waals surface area contributed by atoms with Gasteiger partial charge in [-0.15, -0.1) is 0 Å². The van der Waals surface area contributed by atoms with Crippen LogP contribution in [0.1, 0.15) is 33.4 Å². The first-order valence-corrected chi connectivity index (χ1v) is 7.21. The van der Waals surface area contributed by atoms with E-state index in [-0.39, 0.29) is 0 Å². The Morgan fingerprint density at radius 2 is 1.80 bits per heavy atom. The van der Waals surface area contributed by atoms with Crippen molar-refractivity contribution in [2.24, 2.45) is 10.8 Å². The maximum atomic E-state index is 6.12. The molecule has 1 aromatic heterocycles. The summed E-state index contributed by atoms with van der Waals surface area (Å²) < 4.78 is 0. The summed E-state index contributed by atoms with van der Waals surface area (Å²) in [4.78, 5) is 4.69. The largest absolute Gasteiger partial charge is 0.398 e. The smallest absolute Gasteiger partial charge is 0.0726 e. The molecule has 1 aromatic carbocycles. The van der Waals surface area contributed by atoms with E-state index in [2.05, 4.69) is 38.0 Å². The van der Waals surface area contributed by atoms with Crippen LogP contribution in [0.4, 0.5) is 5.69 Å². The first-order chi connectivity index (χ1) is 9.34. The maximum absolute atomic E-state index is 6.12. The standard InChI is InChI=1S/C17H23N3/c1-16(2)15(17(16,3)4)19-10-11-9-13(18)12-7-5-6-8-14(12)20-11/h5-9,15,19H,10H2,1-4H3,(H2,18,20). The van der Waals surface area contributed by atoms with Crippen molar-refractivity contribution < 1.29 is 0 Å². The zero-order valence-corrected chi connectivity index (χ0v) is 12.7. The maximum Gasteiger partial charge on any atom is 0.0726 e. The molecule has 20 heavy (non-hydrogen) atoms. The first kappa shape index (κ1) is 13.4. The molecule has 2 aromatic rings. The molecule has 3 heteroatoms. The molecule has 1 aliphatic rings. The van der Waals surface area contributed by atoms with E-state index in [0.717, 1.165) is 28.8 Å². The minimum atomic E-state index is 0.343. The molecule has 3 N–H and O–H groups in total. The predicted molar refractivity (Wildman–Crippen MR) is 84.3 cm³/mol. The Kier molecular flexibility index (Phi) is 2.80. The van der Waals surface area contributed by atoms with Crippen molar-refractivity contribution >= 4 is 16.6 Å². The molecule has 1 heterocycles. The van der Waals surface area contributed by atoms with Crippen molar-refractivity contribution in [3.05, 3.63) is 36.0 Å². The molecule has 1 aliphatic carbocycles. The van der Waals surface area contributed by atoms with Crippen molar-refractivity contribution in [1.29, 1.82) is 0 Å². The molecule has 1 saturated carbocycles. The van der Waals surface area contributed by atoms with Crippen molar-refractivity contribution in [2.45, 2.75) is 40.3 Å². The lowest BCUT2D eigenvalue weighted by atomic mass is 10.0. The third-order valence-corrected chi connectivity index (χ3v) is 5.31. The Labute approximate surface area is 120 Å². The highest BCUT2D eigenvalue weighted by Crippen LogP contribution is 2.62. The van der Waals surface area contributed by atoms with E-state index in [0.29, 0.717) is 16.9 Å². The molecule has 0 atom stereocenters. The van der Waals surface area contributed by atoms with E-state index >= 15 is 0 Å². The third-order valence-electron chi connectivity index (χ3n) is 5.31. The van der Waals surface area contributed by atoms with Crippen molar-refractivity contribution in [3.63, 3.8) is 0 Å². The number of hydrogen-bond donors (Lipinski definition) is 2. The average Bonchev–Trinajstić information content (AvgIpc) is 2.77. The van der Waals surface area contributed by atoms with Crippen molar-refractivity contribution in [3.8, 4) is 0 Å². The van der Waals surface area contributed by atoms with Gasteiger partial charge >= 0.3 is 0 Å². The molecular formula is C17H23N3. The number of nitrogen functional groups attached to an aromatic ring is 1. The normalized spacial score (nSPS) is 20.2. The lowest BCUT2D eigenvalue weighted by Crippen LogP contribution is -2.22. The number of nitrogens with two attached hydrogens (primary N) is 1. The van der Waals surface area contributed by atoms with Gasteiger partial charge in [-0.3, -0.25) is 4.98 Å². The number of pyridine rings is 1. The molecule has 0 saturated heterocycles. The SMILES string of the molecule is CC1(C)C(NCc2cc(N)c3ccccc3n2)C1(C)C. The Hall–Kier alpha value is -1.61. The van der Waals surface area contributed by atoms with Crippen LogP contribution in [0.25, 0.3) is 10.9 Å². The Morgan fingerprint density at radius 1 is 1.15 bits per heavy atom. The molecule has 0 amide bonds. The molecule has 3 nitrogen and oxygen atoms in total. The fourth-order valence-corrected chi connectivity index (χ4v) is 3.26. The van der Waals surface area contributed by atoms with Crippen molar-refractivity contribution in [1.82, 2.24) is 10.3 Å². The van der Waals surface area contributed by atoms with Crippen LogP contribution in [-0.4, -0.2) is 11.0 Å². The molecule has 0 bridgehead atoms. The zero-order valence-electron chi connectivity index (χ0n) is 12.7. The van der Waals surface area contributed by atoms with Crippen LogP contribution in [0.2, 0.25) is 0 Å². The minimum absolute atomic E-state index is 0.343. The number of nitrogens with one attached hydrogen (secondary N) is 1. The second kappa shape index (κ2) is 4.19. The monoisotopic (exact) mass is 269 g/mol. The van der Waals surface area contributed by atoms with Crippen molar-refractivity contribution in [2.75, 3.05) is 5.73 Å². The number of aromatic nitrogens is 1. The van der Waals surface area contributed by atoms with E-state index in [1.807, 2.05) is 30.3 Å². The third kappa shape index (κ3) is 1.88. The second-order valence-corrected chi connectivity index (χ2v) is 6.98. The van der Waals surface area contributed by atoms with E-state index in [1.165, 1.54) is 0 Å². The molecule has 0 unspecified atom stereocenters. The van der Waals surface area contributed by atoms with Gasteiger partial charge in [-0.2, -0.15) is 0 Å². The summed E-state index contributed by atoms with van der Waals surface area (Å²) >= 11 is 0. The summed E-state index contributed by atoms with van der Waals surface area (Å²) in [5.41, 5.74) is 9.59. The summed E-state index contributed by atoms with van der Waals surface area (Å²) in [6.45, 7) is 10.0. The van der Waals surface area contributed by atoms with E-state index in [9.17, 15) is 0 Å². The quantitative estimate of drug-likeness (QED) is 0.898. The summed E-state index contributed by atoms with van der Waals surface area (Å²) in [5, 5.41) is 4.66. The number of fused-ring (bicyclic) bond motifs is 1. The molecular weight excluding hydrogens is 246 g/mol. The van der Waals surface area contributed by atoms with Gasteiger partial charge in [0.15, 0.2) is 0 Å². The Morgan fingerprint density at radius 3 is 2.45 bits per heavy atom. The van der Waals surface area contributed by atoms with Crippen LogP contribution in [0, 0.1) is 10.8 Å². The second-order valence-electron chi connectivity index (χ2n) is 6.98.